The third-order valence-electron chi connectivity index (χ3n) is 5.25. The number of hydrogen-bond donors (Lipinski definition) is 1. The maximum Gasteiger partial charge on any atom is 0.244 e. The highest BCUT2D eigenvalue weighted by Gasteiger charge is 2.33. The van der Waals surface area contributed by atoms with Gasteiger partial charge in [0.2, 0.25) is 21.8 Å². The van der Waals surface area contributed by atoms with Crippen LogP contribution >= 0.6 is 0 Å². The van der Waals surface area contributed by atoms with E-state index in [2.05, 4.69) is 5.32 Å². The molecule has 0 bridgehead atoms. The molecular formula is C26H37N3O4S. The van der Waals surface area contributed by atoms with Crippen molar-refractivity contribution in [3.63, 3.8) is 0 Å². The molecule has 0 aromatic heterocycles. The Kier molecular flexibility index (Phi) is 8.89. The van der Waals surface area contributed by atoms with Gasteiger partial charge >= 0.3 is 0 Å². The lowest BCUT2D eigenvalue weighted by Gasteiger charge is -2.34. The summed E-state index contributed by atoms with van der Waals surface area (Å²) in [7, 11) is -3.75. The first-order valence-corrected chi connectivity index (χ1v) is 13.3. The van der Waals surface area contributed by atoms with Gasteiger partial charge in [0.05, 0.1) is 11.9 Å². The van der Waals surface area contributed by atoms with Crippen LogP contribution in [-0.2, 0) is 26.2 Å². The standard InChI is InChI=1S/C26H37N3O4S/c1-8-23(25(31)27-26(4,5)6)28(17-21-12-10-9-11-13-21)24(30)18-29(34(7,32)33)22-15-19(2)14-20(3)16-22/h9-16,23H,8,17-18H2,1-7H3,(H,27,31)/t23-/m0/s1. The van der Waals surface area contributed by atoms with Gasteiger partial charge in [-0.15, -0.1) is 0 Å². The summed E-state index contributed by atoms with van der Waals surface area (Å²) in [6, 6.07) is 14.1. The third-order valence-corrected chi connectivity index (χ3v) is 6.39. The van der Waals surface area contributed by atoms with Gasteiger partial charge in [0, 0.05) is 12.1 Å². The highest BCUT2D eigenvalue weighted by Crippen LogP contribution is 2.22. The molecule has 0 radical (unpaired) electrons. The van der Waals surface area contributed by atoms with Crippen LogP contribution in [0.5, 0.6) is 0 Å². The molecule has 2 amide bonds. The Bertz CT molecular complexity index is 1090. The van der Waals surface area contributed by atoms with Crippen molar-refractivity contribution in [1.82, 2.24) is 10.2 Å². The molecule has 1 atom stereocenters. The minimum absolute atomic E-state index is 0.195. The van der Waals surface area contributed by atoms with Gasteiger partial charge < -0.3 is 10.2 Å². The highest BCUT2D eigenvalue weighted by molar-refractivity contribution is 7.92. The van der Waals surface area contributed by atoms with Crippen molar-refractivity contribution < 1.29 is 18.0 Å². The van der Waals surface area contributed by atoms with Crippen molar-refractivity contribution in [2.24, 2.45) is 0 Å². The van der Waals surface area contributed by atoms with Crippen LogP contribution in [0.25, 0.3) is 0 Å². The Hall–Kier alpha value is -2.87. The first kappa shape index (κ1) is 27.4. The molecule has 0 aliphatic rings. The summed E-state index contributed by atoms with van der Waals surface area (Å²) in [6.07, 6.45) is 1.48. The molecular weight excluding hydrogens is 450 g/mol. The van der Waals surface area contributed by atoms with E-state index >= 15 is 0 Å². The average Bonchev–Trinajstić information content (AvgIpc) is 2.69. The van der Waals surface area contributed by atoms with Crippen LogP contribution in [0.1, 0.15) is 50.8 Å². The minimum Gasteiger partial charge on any atom is -0.350 e. The van der Waals surface area contributed by atoms with Gasteiger partial charge in [-0.25, -0.2) is 8.42 Å². The summed E-state index contributed by atoms with van der Waals surface area (Å²) in [4.78, 5) is 28.3. The van der Waals surface area contributed by atoms with E-state index in [1.807, 2.05) is 77.9 Å². The number of anilines is 1. The van der Waals surface area contributed by atoms with Crippen molar-refractivity contribution in [3.05, 3.63) is 65.2 Å². The summed E-state index contributed by atoms with van der Waals surface area (Å²) in [5.41, 5.74) is 2.61. The predicted molar refractivity (Wildman–Crippen MR) is 137 cm³/mol. The number of carbonyl (C=O) groups is 2. The molecule has 8 heteroatoms. The number of nitrogens with zero attached hydrogens (tertiary/aromatic N) is 2. The van der Waals surface area contributed by atoms with Gasteiger partial charge in [-0.05, 0) is 69.9 Å². The van der Waals surface area contributed by atoms with Crippen LogP contribution < -0.4 is 9.62 Å². The van der Waals surface area contributed by atoms with E-state index in [1.165, 1.54) is 4.90 Å². The van der Waals surface area contributed by atoms with E-state index in [9.17, 15) is 18.0 Å². The second-order valence-corrected chi connectivity index (χ2v) is 11.7. The highest BCUT2D eigenvalue weighted by atomic mass is 32.2. The smallest absolute Gasteiger partial charge is 0.244 e. The molecule has 0 saturated carbocycles. The molecule has 2 rings (SSSR count). The summed E-state index contributed by atoms with van der Waals surface area (Å²) in [5, 5.41) is 2.96. The molecule has 0 aliphatic carbocycles. The van der Waals surface area contributed by atoms with Crippen molar-refractivity contribution in [2.45, 2.75) is 66.1 Å². The summed E-state index contributed by atoms with van der Waals surface area (Å²) in [6.45, 7) is 11.0. The lowest BCUT2D eigenvalue weighted by molar-refractivity contribution is -0.141. The molecule has 186 valence electrons. The molecule has 0 aliphatic heterocycles. The van der Waals surface area contributed by atoms with E-state index in [1.54, 1.807) is 12.1 Å². The zero-order chi connectivity index (χ0) is 25.7. The number of hydrogen-bond acceptors (Lipinski definition) is 4. The first-order valence-electron chi connectivity index (χ1n) is 11.4. The number of nitrogens with one attached hydrogen (secondary N) is 1. The van der Waals surface area contributed by atoms with Crippen LogP contribution in [0.3, 0.4) is 0 Å². The number of amides is 2. The van der Waals surface area contributed by atoms with Crippen molar-refractivity contribution in [1.29, 1.82) is 0 Å². The second kappa shape index (κ2) is 11.0. The zero-order valence-electron chi connectivity index (χ0n) is 21.3. The van der Waals surface area contributed by atoms with Crippen LogP contribution in [-0.4, -0.2) is 49.5 Å². The summed E-state index contributed by atoms with van der Waals surface area (Å²) in [5.74, 6) is -0.707. The lowest BCUT2D eigenvalue weighted by Crippen LogP contribution is -2.55. The molecule has 1 N–H and O–H groups in total. The fraction of sp³-hybridized carbons (Fsp3) is 0.462. The Morgan fingerprint density at radius 2 is 1.56 bits per heavy atom. The fourth-order valence-corrected chi connectivity index (χ4v) is 4.69. The van der Waals surface area contributed by atoms with Gasteiger partial charge in [0.15, 0.2) is 0 Å². The maximum absolute atomic E-state index is 13.7. The molecule has 2 aromatic carbocycles. The van der Waals surface area contributed by atoms with Gasteiger partial charge in [-0.1, -0.05) is 43.3 Å². The first-order chi connectivity index (χ1) is 15.7. The van der Waals surface area contributed by atoms with Gasteiger partial charge in [-0.2, -0.15) is 0 Å². The monoisotopic (exact) mass is 487 g/mol. The van der Waals surface area contributed by atoms with Crippen LogP contribution in [0.4, 0.5) is 5.69 Å². The molecule has 0 spiro atoms. The normalized spacial score (nSPS) is 12.7. The number of aryl methyl sites for hydroxylation is 2. The Morgan fingerprint density at radius 3 is 2.03 bits per heavy atom. The number of carbonyl (C=O) groups excluding carboxylic acids is 2. The van der Waals surface area contributed by atoms with E-state index in [4.69, 9.17) is 0 Å². The second-order valence-electron chi connectivity index (χ2n) is 9.79. The molecule has 7 nitrogen and oxygen atoms in total. The van der Waals surface area contributed by atoms with E-state index < -0.39 is 34.1 Å². The zero-order valence-corrected chi connectivity index (χ0v) is 22.1. The molecule has 0 heterocycles. The molecule has 0 unspecified atom stereocenters. The quantitative estimate of drug-likeness (QED) is 0.583. The van der Waals surface area contributed by atoms with Gasteiger partial charge in [-0.3, -0.25) is 13.9 Å². The van der Waals surface area contributed by atoms with Crippen molar-refractivity contribution >= 4 is 27.5 Å². The molecule has 2 aromatic rings. The van der Waals surface area contributed by atoms with Crippen LogP contribution in [0, 0.1) is 13.8 Å². The lowest BCUT2D eigenvalue weighted by atomic mass is 10.1. The SMILES string of the molecule is CC[C@@H](C(=O)NC(C)(C)C)N(Cc1ccccc1)C(=O)CN(c1cc(C)cc(C)c1)S(C)(=O)=O. The van der Waals surface area contributed by atoms with E-state index in [0.717, 1.165) is 27.3 Å². The number of benzene rings is 2. The predicted octanol–water partition coefficient (Wildman–Crippen LogP) is 3.79. The average molecular weight is 488 g/mol. The van der Waals surface area contributed by atoms with Crippen molar-refractivity contribution in [3.8, 4) is 0 Å². The summed E-state index contributed by atoms with van der Waals surface area (Å²) < 4.78 is 26.5. The van der Waals surface area contributed by atoms with Gasteiger partial charge in [0.25, 0.3) is 0 Å². The number of sulfonamides is 1. The Balaban J connectivity index is 2.46. The third kappa shape index (κ3) is 7.87. The van der Waals surface area contributed by atoms with E-state index in [-0.39, 0.29) is 12.5 Å². The van der Waals surface area contributed by atoms with E-state index in [0.29, 0.717) is 12.1 Å². The topological polar surface area (TPSA) is 86.8 Å². The Labute approximate surface area is 204 Å². The maximum atomic E-state index is 13.7. The molecule has 0 fully saturated rings. The van der Waals surface area contributed by atoms with Crippen LogP contribution in [0.15, 0.2) is 48.5 Å². The molecule has 34 heavy (non-hydrogen) atoms. The molecule has 0 saturated heterocycles. The van der Waals surface area contributed by atoms with Gasteiger partial charge in [0.1, 0.15) is 12.6 Å². The number of rotatable bonds is 9. The Morgan fingerprint density at radius 1 is 1.00 bits per heavy atom. The van der Waals surface area contributed by atoms with Crippen LogP contribution in [0.2, 0.25) is 0 Å². The van der Waals surface area contributed by atoms with Crippen molar-refractivity contribution in [2.75, 3.05) is 17.1 Å². The largest absolute Gasteiger partial charge is 0.350 e. The fourth-order valence-electron chi connectivity index (χ4n) is 3.86. The minimum atomic E-state index is -3.75. The summed E-state index contributed by atoms with van der Waals surface area (Å²) >= 11 is 0.